The van der Waals surface area contributed by atoms with Gasteiger partial charge in [-0.25, -0.2) is 4.39 Å². The molecule has 0 aliphatic heterocycles. The number of benzene rings is 1. The van der Waals surface area contributed by atoms with Gasteiger partial charge in [-0.05, 0) is 32.0 Å². The smallest absolute Gasteiger partial charge is 0.165 e. The van der Waals surface area contributed by atoms with Gasteiger partial charge in [-0.1, -0.05) is 27.5 Å². The number of rotatable bonds is 3. The molecule has 0 bridgehead atoms. The Morgan fingerprint density at radius 1 is 1.39 bits per heavy atom. The largest absolute Gasteiger partial charge is 0.308 e. The van der Waals surface area contributed by atoms with Crippen molar-refractivity contribution < 1.29 is 4.39 Å². The summed E-state index contributed by atoms with van der Waals surface area (Å²) in [6, 6.07) is 4.47. The van der Waals surface area contributed by atoms with Crippen LogP contribution in [-0.2, 0) is 5.33 Å². The second-order valence-electron chi connectivity index (χ2n) is 4.16. The van der Waals surface area contributed by atoms with E-state index in [0.29, 0.717) is 21.7 Å². The zero-order valence-corrected chi connectivity index (χ0v) is 12.3. The molecule has 0 aliphatic carbocycles. The third-order valence-electron chi connectivity index (χ3n) is 2.57. The first-order valence-corrected chi connectivity index (χ1v) is 6.99. The lowest BCUT2D eigenvalue weighted by Crippen LogP contribution is -2.07. The number of alkyl halides is 1. The fourth-order valence-electron chi connectivity index (χ4n) is 1.81. The summed E-state index contributed by atoms with van der Waals surface area (Å²) < 4.78 is 15.0. The zero-order chi connectivity index (χ0) is 13.3. The van der Waals surface area contributed by atoms with Crippen LogP contribution >= 0.6 is 27.5 Å². The van der Waals surface area contributed by atoms with Gasteiger partial charge in [0.1, 0.15) is 11.6 Å². The molecule has 2 aromatic rings. The van der Waals surface area contributed by atoms with Crippen LogP contribution in [-0.4, -0.2) is 14.8 Å². The van der Waals surface area contributed by atoms with E-state index in [2.05, 4.69) is 26.1 Å². The zero-order valence-electron chi connectivity index (χ0n) is 9.99. The van der Waals surface area contributed by atoms with Crippen molar-refractivity contribution in [3.63, 3.8) is 0 Å². The average molecular weight is 333 g/mol. The lowest BCUT2D eigenvalue weighted by molar-refractivity contribution is 0.586. The molecule has 1 aromatic carbocycles. The maximum Gasteiger partial charge on any atom is 0.165 e. The summed E-state index contributed by atoms with van der Waals surface area (Å²) in [4.78, 5) is 0. The van der Waals surface area contributed by atoms with Gasteiger partial charge in [-0.3, -0.25) is 0 Å². The van der Waals surface area contributed by atoms with Crippen LogP contribution in [0.4, 0.5) is 4.39 Å². The summed E-state index contributed by atoms with van der Waals surface area (Å²) >= 11 is 9.44. The minimum atomic E-state index is -0.361. The third kappa shape index (κ3) is 2.42. The molecule has 0 atom stereocenters. The van der Waals surface area contributed by atoms with Crippen molar-refractivity contribution in [3.8, 4) is 11.4 Å². The molecule has 18 heavy (non-hydrogen) atoms. The van der Waals surface area contributed by atoms with Crippen molar-refractivity contribution in [1.82, 2.24) is 14.8 Å². The molecule has 3 nitrogen and oxygen atoms in total. The molecule has 0 aliphatic rings. The van der Waals surface area contributed by atoms with Crippen molar-refractivity contribution in [2.24, 2.45) is 0 Å². The molecule has 6 heteroatoms. The summed E-state index contributed by atoms with van der Waals surface area (Å²) in [6.07, 6.45) is 0. The van der Waals surface area contributed by atoms with Gasteiger partial charge < -0.3 is 4.57 Å². The molecule has 0 saturated heterocycles. The van der Waals surface area contributed by atoms with E-state index in [0.717, 1.165) is 5.82 Å². The fraction of sp³-hybridized carbons (Fsp3) is 0.333. The molecule has 1 aromatic heterocycles. The second kappa shape index (κ2) is 5.36. The highest BCUT2D eigenvalue weighted by Crippen LogP contribution is 2.30. The Morgan fingerprint density at radius 2 is 2.11 bits per heavy atom. The van der Waals surface area contributed by atoms with Gasteiger partial charge in [0.05, 0.1) is 10.4 Å². The van der Waals surface area contributed by atoms with Gasteiger partial charge in [-0.15, -0.1) is 10.2 Å². The highest BCUT2D eigenvalue weighted by molar-refractivity contribution is 9.08. The topological polar surface area (TPSA) is 30.7 Å². The molecule has 0 fully saturated rings. The number of aromatic nitrogens is 3. The monoisotopic (exact) mass is 331 g/mol. The van der Waals surface area contributed by atoms with Crippen LogP contribution in [0.25, 0.3) is 11.4 Å². The molecule has 0 spiro atoms. The first-order chi connectivity index (χ1) is 8.54. The lowest BCUT2D eigenvalue weighted by atomic mass is 10.2. The number of hydrogen-bond donors (Lipinski definition) is 0. The van der Waals surface area contributed by atoms with Gasteiger partial charge >= 0.3 is 0 Å². The van der Waals surface area contributed by atoms with Crippen molar-refractivity contribution in [1.29, 1.82) is 0 Å². The first kappa shape index (κ1) is 13.5. The van der Waals surface area contributed by atoms with Crippen molar-refractivity contribution >= 4 is 27.5 Å². The number of hydrogen-bond acceptors (Lipinski definition) is 2. The summed E-state index contributed by atoms with van der Waals surface area (Å²) in [5, 5.41) is 9.20. The fourth-order valence-corrected chi connectivity index (χ4v) is 2.45. The molecule has 0 unspecified atom stereocenters. The van der Waals surface area contributed by atoms with Gasteiger partial charge in [0, 0.05) is 11.6 Å². The molecule has 0 N–H and O–H groups in total. The Balaban J connectivity index is 2.60. The van der Waals surface area contributed by atoms with E-state index in [1.54, 1.807) is 6.07 Å². The standard InChI is InChI=1S/C12H12BrClFN3/c1-7(2)18-11(6-13)16-17-12(18)9-4-3-8(15)5-10(9)14/h3-5,7H,6H2,1-2H3. The Bertz CT molecular complexity index is 568. The van der Waals surface area contributed by atoms with Gasteiger partial charge in [0.25, 0.3) is 0 Å². The predicted molar refractivity (Wildman–Crippen MR) is 73.4 cm³/mol. The lowest BCUT2D eigenvalue weighted by Gasteiger charge is -2.13. The molecule has 0 saturated carbocycles. The van der Waals surface area contributed by atoms with Crippen molar-refractivity contribution in [3.05, 3.63) is 34.9 Å². The van der Waals surface area contributed by atoms with Crippen LogP contribution in [0.2, 0.25) is 5.02 Å². The molecule has 0 amide bonds. The van der Waals surface area contributed by atoms with Crippen molar-refractivity contribution in [2.75, 3.05) is 0 Å². The van der Waals surface area contributed by atoms with E-state index in [9.17, 15) is 4.39 Å². The third-order valence-corrected chi connectivity index (χ3v) is 3.39. The normalized spacial score (nSPS) is 11.2. The summed E-state index contributed by atoms with van der Waals surface area (Å²) in [5.74, 6) is 1.12. The van der Waals surface area contributed by atoms with Crippen LogP contribution in [0.3, 0.4) is 0 Å². The van der Waals surface area contributed by atoms with Crippen LogP contribution in [0, 0.1) is 5.82 Å². The van der Waals surface area contributed by atoms with Crippen molar-refractivity contribution in [2.45, 2.75) is 25.2 Å². The number of nitrogens with zero attached hydrogens (tertiary/aromatic N) is 3. The molecule has 0 radical (unpaired) electrons. The van der Waals surface area contributed by atoms with E-state index < -0.39 is 0 Å². The minimum absolute atomic E-state index is 0.198. The Kier molecular flexibility index (Phi) is 4.02. The average Bonchev–Trinajstić information content (AvgIpc) is 2.72. The van der Waals surface area contributed by atoms with E-state index >= 15 is 0 Å². The highest BCUT2D eigenvalue weighted by Gasteiger charge is 2.17. The van der Waals surface area contributed by atoms with E-state index in [1.807, 2.05) is 18.4 Å². The second-order valence-corrected chi connectivity index (χ2v) is 5.13. The molecule has 2 rings (SSSR count). The summed E-state index contributed by atoms with van der Waals surface area (Å²) in [6.45, 7) is 4.08. The van der Waals surface area contributed by atoms with Gasteiger partial charge in [0.15, 0.2) is 5.82 Å². The Labute approximate surface area is 118 Å². The van der Waals surface area contributed by atoms with E-state index in [4.69, 9.17) is 11.6 Å². The van der Waals surface area contributed by atoms with Crippen LogP contribution < -0.4 is 0 Å². The Morgan fingerprint density at radius 3 is 2.67 bits per heavy atom. The highest BCUT2D eigenvalue weighted by atomic mass is 79.9. The van der Waals surface area contributed by atoms with E-state index in [1.165, 1.54) is 12.1 Å². The van der Waals surface area contributed by atoms with Gasteiger partial charge in [-0.2, -0.15) is 0 Å². The maximum atomic E-state index is 13.1. The van der Waals surface area contributed by atoms with E-state index in [-0.39, 0.29) is 11.9 Å². The molecular formula is C12H12BrClFN3. The molecule has 96 valence electrons. The van der Waals surface area contributed by atoms with Crippen LogP contribution in [0.5, 0.6) is 0 Å². The summed E-state index contributed by atoms with van der Waals surface area (Å²) in [7, 11) is 0. The maximum absolute atomic E-state index is 13.1. The number of halogens is 3. The van der Waals surface area contributed by atoms with Gasteiger partial charge in [0.2, 0.25) is 0 Å². The first-order valence-electron chi connectivity index (χ1n) is 5.49. The summed E-state index contributed by atoms with van der Waals surface area (Å²) in [5.41, 5.74) is 0.687. The SMILES string of the molecule is CC(C)n1c(CBr)nnc1-c1ccc(F)cc1Cl. The predicted octanol–water partition coefficient (Wildman–Crippen LogP) is 4.21. The molecular weight excluding hydrogens is 321 g/mol. The minimum Gasteiger partial charge on any atom is -0.308 e. The quantitative estimate of drug-likeness (QED) is 0.788. The van der Waals surface area contributed by atoms with Crippen LogP contribution in [0.1, 0.15) is 25.7 Å². The van der Waals surface area contributed by atoms with Crippen LogP contribution in [0.15, 0.2) is 18.2 Å². The Hall–Kier alpha value is -0.940. The molecule has 1 heterocycles.